The van der Waals surface area contributed by atoms with Gasteiger partial charge < -0.3 is 19.3 Å². The van der Waals surface area contributed by atoms with Crippen LogP contribution in [0, 0.1) is 0 Å². The highest BCUT2D eigenvalue weighted by Crippen LogP contribution is 2.38. The van der Waals surface area contributed by atoms with E-state index >= 15 is 0 Å². The van der Waals surface area contributed by atoms with E-state index in [1.165, 1.54) is 12.0 Å². The Morgan fingerprint density at radius 1 is 1.10 bits per heavy atom. The Morgan fingerprint density at radius 3 is 2.30 bits per heavy atom. The second-order valence-corrected chi connectivity index (χ2v) is 7.91. The first-order valence-corrected chi connectivity index (χ1v) is 10.5. The number of nitrogens with two attached hydrogens (primary N) is 1. The number of ether oxygens (including phenoxy) is 3. The number of nitrogens with zero attached hydrogens (tertiary/aromatic N) is 1. The zero-order valence-electron chi connectivity index (χ0n) is 16.2. The van der Waals surface area contributed by atoms with Crippen molar-refractivity contribution in [3.63, 3.8) is 0 Å². The predicted octanol–water partition coefficient (Wildman–Crippen LogP) is 1.85. The quantitative estimate of drug-likeness (QED) is 0.572. The van der Waals surface area contributed by atoms with Crippen molar-refractivity contribution in [1.29, 1.82) is 0 Å². The van der Waals surface area contributed by atoms with Crippen molar-refractivity contribution < 1.29 is 32.5 Å². The van der Waals surface area contributed by atoms with Crippen molar-refractivity contribution in [3.8, 4) is 11.1 Å². The molecule has 0 bridgehead atoms. The lowest BCUT2D eigenvalue weighted by Gasteiger charge is -2.26. The summed E-state index contributed by atoms with van der Waals surface area (Å²) >= 11 is 0. The van der Waals surface area contributed by atoms with Crippen molar-refractivity contribution in [3.05, 3.63) is 70.9 Å². The first kappa shape index (κ1) is 21.8. The normalized spacial score (nSPS) is 16.6. The first-order valence-electron chi connectivity index (χ1n) is 8.98. The van der Waals surface area contributed by atoms with E-state index in [0.717, 1.165) is 11.1 Å². The number of hydrogen-bond donors (Lipinski definition) is 2. The minimum absolute atomic E-state index is 0.185. The lowest BCUT2D eigenvalue weighted by atomic mass is 10.0. The van der Waals surface area contributed by atoms with E-state index in [-0.39, 0.29) is 13.3 Å². The molecule has 0 aliphatic carbocycles. The number of sulfonamides is 1. The maximum Gasteiger partial charge on any atom is 0.357 e. The van der Waals surface area contributed by atoms with E-state index in [9.17, 15) is 18.3 Å². The molecule has 3 N–H and O–H groups in total. The lowest BCUT2D eigenvalue weighted by Crippen LogP contribution is -2.31. The Hall–Kier alpha value is -2.92. The Kier molecular flexibility index (Phi) is 6.73. The smallest absolute Gasteiger partial charge is 0.357 e. The van der Waals surface area contributed by atoms with Crippen LogP contribution in [0.5, 0.6) is 0 Å². The minimum atomic E-state index is -4.40. The number of carbonyl (C=O) groups is 1. The molecule has 0 saturated carbocycles. The van der Waals surface area contributed by atoms with Crippen LogP contribution in [0.3, 0.4) is 0 Å². The van der Waals surface area contributed by atoms with Gasteiger partial charge in [-0.1, -0.05) is 54.6 Å². The molecule has 0 saturated heterocycles. The van der Waals surface area contributed by atoms with Crippen LogP contribution in [0.1, 0.15) is 11.8 Å². The van der Waals surface area contributed by atoms with Crippen molar-refractivity contribution in [1.82, 2.24) is 4.90 Å². The third kappa shape index (κ3) is 4.79. The van der Waals surface area contributed by atoms with Crippen LogP contribution in [0.4, 0.5) is 0 Å². The molecular formula is C20H22N2O7S. The van der Waals surface area contributed by atoms with Gasteiger partial charge in [-0.3, -0.25) is 4.90 Å². The second-order valence-electron chi connectivity index (χ2n) is 6.44. The van der Waals surface area contributed by atoms with Crippen LogP contribution in [0.25, 0.3) is 11.1 Å². The van der Waals surface area contributed by atoms with Gasteiger partial charge in [0, 0.05) is 12.7 Å². The van der Waals surface area contributed by atoms with Gasteiger partial charge in [-0.15, -0.1) is 0 Å². The molecule has 30 heavy (non-hydrogen) atoms. The molecular weight excluding hydrogens is 412 g/mol. The highest BCUT2D eigenvalue weighted by Gasteiger charge is 2.43. The molecule has 1 aliphatic rings. The molecule has 0 fully saturated rings. The van der Waals surface area contributed by atoms with Crippen molar-refractivity contribution >= 4 is 16.0 Å². The molecule has 1 aliphatic heterocycles. The van der Waals surface area contributed by atoms with Crippen LogP contribution in [-0.4, -0.2) is 51.4 Å². The van der Waals surface area contributed by atoms with E-state index in [0.29, 0.717) is 12.2 Å². The van der Waals surface area contributed by atoms with E-state index in [1.54, 1.807) is 12.1 Å². The number of benzene rings is 2. The van der Waals surface area contributed by atoms with Crippen LogP contribution in [0.2, 0.25) is 0 Å². The highest BCUT2D eigenvalue weighted by molar-refractivity contribution is 7.92. The molecule has 0 amide bonds. The maximum atomic E-state index is 11.9. The average molecular weight is 434 g/mol. The van der Waals surface area contributed by atoms with Crippen LogP contribution in [0.15, 0.2) is 65.4 Å². The Bertz CT molecular complexity index is 1020. The number of methoxy groups -OCH3 is 1. The molecule has 2 aromatic rings. The lowest BCUT2D eigenvalue weighted by molar-refractivity contribution is -0.136. The Labute approximate surface area is 174 Å². The van der Waals surface area contributed by atoms with Crippen molar-refractivity contribution in [2.24, 2.45) is 5.14 Å². The minimum Gasteiger partial charge on any atom is -0.476 e. The van der Waals surface area contributed by atoms with Crippen LogP contribution < -0.4 is 5.14 Å². The predicted molar refractivity (Wildman–Crippen MR) is 108 cm³/mol. The van der Waals surface area contributed by atoms with Gasteiger partial charge in [-0.25, -0.2) is 18.4 Å². The maximum absolute atomic E-state index is 11.9. The zero-order chi connectivity index (χ0) is 21.7. The fraction of sp³-hybridized carbons (Fsp3) is 0.250. The van der Waals surface area contributed by atoms with Crippen LogP contribution in [-0.2, 0) is 29.0 Å². The first-order chi connectivity index (χ1) is 14.3. The van der Waals surface area contributed by atoms with Gasteiger partial charge >= 0.3 is 5.97 Å². The summed E-state index contributed by atoms with van der Waals surface area (Å²) in [6.07, 6.45) is -1.03. The summed E-state index contributed by atoms with van der Waals surface area (Å²) in [5, 5.41) is 14.0. The van der Waals surface area contributed by atoms with Gasteiger partial charge in [0.15, 0.2) is 5.70 Å². The Morgan fingerprint density at radius 2 is 1.73 bits per heavy atom. The topological polar surface area (TPSA) is 128 Å². The Balaban J connectivity index is 1.92. The molecule has 10 heteroatoms. The average Bonchev–Trinajstić information content (AvgIpc) is 3.12. The summed E-state index contributed by atoms with van der Waals surface area (Å²) in [6, 6.07) is 16.8. The van der Waals surface area contributed by atoms with E-state index in [2.05, 4.69) is 0 Å². The summed E-state index contributed by atoms with van der Waals surface area (Å²) in [5.74, 6) is -1.49. The van der Waals surface area contributed by atoms with Gasteiger partial charge in [-0.2, -0.15) is 0 Å². The molecule has 1 heterocycles. The molecule has 9 nitrogen and oxygen atoms in total. The standard InChI is InChI=1S/C20H22N2O7S/c1-27-11-12-28-13-22-17(19(23)24)20(30(21,25)26)29-18(22)16-9-7-15(8-10-16)14-5-3-2-4-6-14/h2-10,18H,11-13H2,1H3,(H,23,24)(H2,21,25,26). The summed E-state index contributed by atoms with van der Waals surface area (Å²) in [7, 11) is -2.90. The largest absolute Gasteiger partial charge is 0.476 e. The SMILES string of the molecule is COCCOCN1C(C(=O)O)=C(S(N)(=O)=O)OC1c1ccc(-c2ccccc2)cc1. The van der Waals surface area contributed by atoms with Gasteiger partial charge in [0.05, 0.1) is 13.2 Å². The van der Waals surface area contributed by atoms with Crippen molar-refractivity contribution in [2.45, 2.75) is 6.23 Å². The number of rotatable bonds is 9. The number of carboxylic acids is 1. The second kappa shape index (κ2) is 9.26. The van der Waals surface area contributed by atoms with E-state index < -0.39 is 33.0 Å². The molecule has 1 atom stereocenters. The summed E-state index contributed by atoms with van der Waals surface area (Å²) in [4.78, 5) is 13.0. The molecule has 0 spiro atoms. The van der Waals surface area contributed by atoms with E-state index in [4.69, 9.17) is 19.3 Å². The molecule has 160 valence electrons. The molecule has 2 aromatic carbocycles. The van der Waals surface area contributed by atoms with Gasteiger partial charge in [0.25, 0.3) is 15.1 Å². The van der Waals surface area contributed by atoms with Gasteiger partial charge in [0.2, 0.25) is 6.23 Å². The highest BCUT2D eigenvalue weighted by atomic mass is 32.2. The fourth-order valence-corrected chi connectivity index (χ4v) is 3.72. The molecule has 0 aromatic heterocycles. The molecule has 0 radical (unpaired) electrons. The number of carboxylic acid groups (broad SMARTS) is 1. The third-order valence-electron chi connectivity index (χ3n) is 4.41. The summed E-state index contributed by atoms with van der Waals surface area (Å²) in [5.41, 5.74) is 1.92. The summed E-state index contributed by atoms with van der Waals surface area (Å²) in [6.45, 7) is 0.249. The fourth-order valence-electron chi connectivity index (χ4n) is 3.02. The number of aliphatic carboxylic acids is 1. The monoisotopic (exact) mass is 434 g/mol. The van der Waals surface area contributed by atoms with E-state index in [1.807, 2.05) is 42.5 Å². The van der Waals surface area contributed by atoms with Gasteiger partial charge in [-0.05, 0) is 11.1 Å². The zero-order valence-corrected chi connectivity index (χ0v) is 17.0. The van der Waals surface area contributed by atoms with Crippen molar-refractivity contribution in [2.75, 3.05) is 27.1 Å². The molecule has 1 unspecified atom stereocenters. The van der Waals surface area contributed by atoms with Gasteiger partial charge in [0.1, 0.15) is 6.73 Å². The molecule has 3 rings (SSSR count). The number of primary sulfonamides is 1. The summed E-state index contributed by atoms with van der Waals surface area (Å²) < 4.78 is 39.7. The third-order valence-corrected chi connectivity index (χ3v) is 5.21. The number of hydrogen-bond acceptors (Lipinski definition) is 7. The van der Waals surface area contributed by atoms with Crippen LogP contribution >= 0.6 is 0 Å².